The maximum Gasteiger partial charge on any atom is 0.294 e. The van der Waals surface area contributed by atoms with Gasteiger partial charge in [0.2, 0.25) is 5.91 Å². The summed E-state index contributed by atoms with van der Waals surface area (Å²) >= 11 is 18.1. The summed E-state index contributed by atoms with van der Waals surface area (Å²) in [5.74, 6) is -0.871. The molecule has 0 spiro atoms. The van der Waals surface area contributed by atoms with Crippen LogP contribution >= 0.6 is 34.8 Å². The predicted octanol–water partition coefficient (Wildman–Crippen LogP) is 6.08. The van der Waals surface area contributed by atoms with Crippen molar-refractivity contribution in [2.24, 2.45) is 0 Å². The number of benzene rings is 2. The lowest BCUT2D eigenvalue weighted by Crippen LogP contribution is -2.40. The number of Topliss-reactive ketones (excluding diaryl/α,β-unsaturated/α-hetero) is 1. The highest BCUT2D eigenvalue weighted by molar-refractivity contribution is 6.42. The molecule has 1 amide bonds. The number of amides is 1. The molecule has 0 bridgehead atoms. The Labute approximate surface area is 187 Å². The number of ketones is 1. The van der Waals surface area contributed by atoms with E-state index in [1.807, 2.05) is 0 Å². The van der Waals surface area contributed by atoms with Gasteiger partial charge in [0.1, 0.15) is 5.69 Å². The molecular formula is C21H15Cl3N2O4. The number of halogens is 3. The Balaban J connectivity index is 1.90. The highest BCUT2D eigenvalue weighted by Gasteiger charge is 2.41. The zero-order valence-corrected chi connectivity index (χ0v) is 17.8. The van der Waals surface area contributed by atoms with E-state index in [1.54, 1.807) is 18.2 Å². The van der Waals surface area contributed by atoms with E-state index < -0.39 is 10.8 Å². The van der Waals surface area contributed by atoms with Gasteiger partial charge in [-0.25, -0.2) is 0 Å². The molecule has 2 aliphatic rings. The molecule has 0 saturated heterocycles. The van der Waals surface area contributed by atoms with Crippen LogP contribution in [0, 0.1) is 10.1 Å². The van der Waals surface area contributed by atoms with Crippen LogP contribution < -0.4 is 4.90 Å². The monoisotopic (exact) mass is 464 g/mol. The number of nitro groups is 1. The predicted molar refractivity (Wildman–Crippen MR) is 115 cm³/mol. The van der Waals surface area contributed by atoms with Crippen LogP contribution in [0.5, 0.6) is 0 Å². The molecule has 6 nitrogen and oxygen atoms in total. The molecular weight excluding hydrogens is 451 g/mol. The molecule has 0 fully saturated rings. The minimum Gasteiger partial charge on any atom is -0.294 e. The van der Waals surface area contributed by atoms with Crippen molar-refractivity contribution < 1.29 is 14.5 Å². The summed E-state index contributed by atoms with van der Waals surface area (Å²) in [5.41, 5.74) is 1.55. The van der Waals surface area contributed by atoms with E-state index in [4.69, 9.17) is 34.8 Å². The highest BCUT2D eigenvalue weighted by Crippen LogP contribution is 2.46. The van der Waals surface area contributed by atoms with Crippen molar-refractivity contribution in [3.05, 3.63) is 78.4 Å². The molecule has 0 saturated carbocycles. The first-order chi connectivity index (χ1) is 14.3. The number of rotatable bonds is 3. The lowest BCUT2D eigenvalue weighted by atomic mass is 9.77. The second-order valence-electron chi connectivity index (χ2n) is 7.19. The van der Waals surface area contributed by atoms with E-state index in [1.165, 1.54) is 23.1 Å². The third-order valence-electron chi connectivity index (χ3n) is 5.40. The van der Waals surface area contributed by atoms with Crippen molar-refractivity contribution in [2.75, 3.05) is 4.90 Å². The van der Waals surface area contributed by atoms with Crippen molar-refractivity contribution >= 4 is 57.9 Å². The lowest BCUT2D eigenvalue weighted by Gasteiger charge is -2.38. The third-order valence-corrected chi connectivity index (χ3v) is 6.37. The summed E-state index contributed by atoms with van der Waals surface area (Å²) in [4.78, 5) is 38.5. The van der Waals surface area contributed by atoms with Crippen molar-refractivity contribution in [1.29, 1.82) is 0 Å². The number of carbonyl (C=O) groups is 2. The van der Waals surface area contributed by atoms with Crippen LogP contribution in [0.15, 0.2) is 47.7 Å². The Morgan fingerprint density at radius 2 is 1.77 bits per heavy atom. The van der Waals surface area contributed by atoms with Gasteiger partial charge < -0.3 is 0 Å². The van der Waals surface area contributed by atoms with Crippen molar-refractivity contribution in [2.45, 2.75) is 31.6 Å². The fourth-order valence-electron chi connectivity index (χ4n) is 4.12. The zero-order chi connectivity index (χ0) is 21.6. The maximum atomic E-state index is 13.2. The Morgan fingerprint density at radius 3 is 2.47 bits per heavy atom. The molecule has 1 heterocycles. The fourth-order valence-corrected chi connectivity index (χ4v) is 4.59. The molecule has 154 valence electrons. The molecule has 1 aliphatic heterocycles. The largest absolute Gasteiger partial charge is 0.294 e. The van der Waals surface area contributed by atoms with Crippen LogP contribution in [0.4, 0.5) is 11.4 Å². The summed E-state index contributed by atoms with van der Waals surface area (Å²) < 4.78 is 0. The van der Waals surface area contributed by atoms with Gasteiger partial charge >= 0.3 is 0 Å². The number of allylic oxidation sites excluding steroid dienone is 2. The first-order valence-electron chi connectivity index (χ1n) is 9.26. The lowest BCUT2D eigenvalue weighted by molar-refractivity contribution is -0.384. The van der Waals surface area contributed by atoms with Gasteiger partial charge in [-0.2, -0.15) is 0 Å². The minimum absolute atomic E-state index is 0.0116. The first-order valence-corrected chi connectivity index (χ1v) is 10.4. The molecule has 1 aliphatic carbocycles. The smallest absolute Gasteiger partial charge is 0.294 e. The zero-order valence-electron chi connectivity index (χ0n) is 15.5. The molecule has 1 unspecified atom stereocenters. The average molecular weight is 466 g/mol. The Hall–Kier alpha value is -2.41. The molecule has 4 rings (SSSR count). The number of nitrogens with zero attached hydrogens (tertiary/aromatic N) is 2. The second kappa shape index (κ2) is 8.02. The SMILES string of the molecule is O=C1CCCC2=C1C(c1ccc(Cl)c(Cl)c1)CC(=O)N2c1ccc(Cl)cc1[N+](=O)[O-]. The van der Waals surface area contributed by atoms with E-state index >= 15 is 0 Å². The number of anilines is 1. The molecule has 2 aromatic carbocycles. The number of hydrogen-bond donors (Lipinski definition) is 0. The van der Waals surface area contributed by atoms with Crippen LogP contribution in [0.3, 0.4) is 0 Å². The standard InChI is InChI=1S/C21H15Cl3N2O4/c22-12-5-7-16(18(9-12)26(29)30)25-17-2-1-3-19(27)21(17)13(10-20(25)28)11-4-6-14(23)15(24)8-11/h4-9,13H,1-3,10H2. The van der Waals surface area contributed by atoms with E-state index in [0.717, 1.165) is 0 Å². The Kier molecular flexibility index (Phi) is 5.57. The van der Waals surface area contributed by atoms with Crippen LogP contribution in [0.2, 0.25) is 15.1 Å². The van der Waals surface area contributed by atoms with Gasteiger partial charge in [-0.1, -0.05) is 40.9 Å². The van der Waals surface area contributed by atoms with Crippen LogP contribution in [0.1, 0.15) is 37.2 Å². The normalized spacial score (nSPS) is 19.2. The third kappa shape index (κ3) is 3.60. The van der Waals surface area contributed by atoms with Gasteiger partial charge in [0.15, 0.2) is 5.78 Å². The van der Waals surface area contributed by atoms with Crippen LogP contribution in [0.25, 0.3) is 0 Å². The van der Waals surface area contributed by atoms with Gasteiger partial charge in [0.25, 0.3) is 5.69 Å². The van der Waals surface area contributed by atoms with Crippen molar-refractivity contribution in [3.8, 4) is 0 Å². The second-order valence-corrected chi connectivity index (χ2v) is 8.44. The average Bonchev–Trinajstić information content (AvgIpc) is 2.70. The molecule has 0 radical (unpaired) electrons. The van der Waals surface area contributed by atoms with Gasteiger partial charge in [-0.15, -0.1) is 0 Å². The number of nitro benzene ring substituents is 1. The summed E-state index contributed by atoms with van der Waals surface area (Å²) in [5, 5.41) is 12.5. The Morgan fingerprint density at radius 1 is 1.00 bits per heavy atom. The minimum atomic E-state index is -0.579. The van der Waals surface area contributed by atoms with E-state index in [9.17, 15) is 19.7 Å². The van der Waals surface area contributed by atoms with E-state index in [0.29, 0.717) is 46.1 Å². The molecule has 30 heavy (non-hydrogen) atoms. The summed E-state index contributed by atoms with van der Waals surface area (Å²) in [7, 11) is 0. The quantitative estimate of drug-likeness (QED) is 0.406. The summed E-state index contributed by atoms with van der Waals surface area (Å²) in [6, 6.07) is 9.19. The molecule has 0 N–H and O–H groups in total. The topological polar surface area (TPSA) is 80.5 Å². The number of carbonyl (C=O) groups excluding carboxylic acids is 2. The van der Waals surface area contributed by atoms with Crippen LogP contribution in [-0.2, 0) is 9.59 Å². The number of hydrogen-bond acceptors (Lipinski definition) is 4. The maximum absolute atomic E-state index is 13.2. The molecule has 9 heteroatoms. The molecule has 2 aromatic rings. The van der Waals surface area contributed by atoms with Gasteiger partial charge in [-0.05, 0) is 42.7 Å². The van der Waals surface area contributed by atoms with Crippen molar-refractivity contribution in [1.82, 2.24) is 0 Å². The van der Waals surface area contributed by atoms with Gasteiger partial charge in [0.05, 0.1) is 15.0 Å². The van der Waals surface area contributed by atoms with Crippen LogP contribution in [-0.4, -0.2) is 16.6 Å². The summed E-state index contributed by atoms with van der Waals surface area (Å²) in [6.07, 6.45) is 1.38. The fraction of sp³-hybridized carbons (Fsp3) is 0.238. The highest BCUT2D eigenvalue weighted by atomic mass is 35.5. The molecule has 0 aromatic heterocycles. The Bertz CT molecular complexity index is 1130. The van der Waals surface area contributed by atoms with Gasteiger partial charge in [-0.3, -0.25) is 24.6 Å². The van der Waals surface area contributed by atoms with Crippen molar-refractivity contribution in [3.63, 3.8) is 0 Å². The molecule has 1 atom stereocenters. The first kappa shape index (κ1) is 20.8. The van der Waals surface area contributed by atoms with E-state index in [2.05, 4.69) is 0 Å². The van der Waals surface area contributed by atoms with Gasteiger partial charge in [0, 0.05) is 41.1 Å². The summed E-state index contributed by atoms with van der Waals surface area (Å²) in [6.45, 7) is 0. The van der Waals surface area contributed by atoms with E-state index in [-0.39, 0.29) is 34.5 Å².